The molecule has 0 saturated heterocycles. The first-order valence-electron chi connectivity index (χ1n) is 7.67. The van der Waals surface area contributed by atoms with E-state index < -0.39 is 0 Å². The summed E-state index contributed by atoms with van der Waals surface area (Å²) in [7, 11) is 6.45. The number of quaternary nitrogens is 1. The summed E-state index contributed by atoms with van der Waals surface area (Å²) in [5.41, 5.74) is 0.287. The third-order valence-electron chi connectivity index (χ3n) is 3.06. The van der Waals surface area contributed by atoms with E-state index >= 15 is 0 Å². The largest absolute Gasteiger partial charge is 0.349 e. The van der Waals surface area contributed by atoms with Crippen LogP contribution < -0.4 is 0 Å². The summed E-state index contributed by atoms with van der Waals surface area (Å²) in [5, 5.41) is 0. The van der Waals surface area contributed by atoms with Crippen LogP contribution in [0.25, 0.3) is 0 Å². The van der Waals surface area contributed by atoms with Crippen LogP contribution in [0.2, 0.25) is 0 Å². The maximum Gasteiger partial charge on any atom is 0.178 e. The first-order valence-corrected chi connectivity index (χ1v) is 8.57. The quantitative estimate of drug-likeness (QED) is 0.291. The lowest BCUT2D eigenvalue weighted by molar-refractivity contribution is -0.870. The van der Waals surface area contributed by atoms with Crippen molar-refractivity contribution in [2.45, 2.75) is 58.3 Å². The van der Waals surface area contributed by atoms with E-state index in [1.165, 1.54) is 38.5 Å². The van der Waals surface area contributed by atoms with Crippen LogP contribution in [-0.4, -0.2) is 44.3 Å². The molecule has 1 atom stereocenters. The van der Waals surface area contributed by atoms with Crippen molar-refractivity contribution in [3.05, 3.63) is 0 Å². The van der Waals surface area contributed by atoms with Gasteiger partial charge in [0.05, 0.1) is 30.0 Å². The summed E-state index contributed by atoms with van der Waals surface area (Å²) in [6, 6.07) is 0. The van der Waals surface area contributed by atoms with Gasteiger partial charge in [-0.05, 0) is 6.42 Å². The highest BCUT2D eigenvalue weighted by atomic mass is 31.1. The minimum absolute atomic E-state index is 0.0552. The van der Waals surface area contributed by atoms with Crippen molar-refractivity contribution in [2.75, 3.05) is 34.3 Å². The number of carbonyl (C=O) groups excluding carboxylic acids is 1. The highest BCUT2D eigenvalue weighted by Gasteiger charge is 2.07. The van der Waals surface area contributed by atoms with Gasteiger partial charge in [0, 0.05) is 6.42 Å². The number of hydrogen-bond donors (Lipinski definition) is 0. The fraction of sp³-hybridized carbons (Fsp3) is 0.933. The van der Waals surface area contributed by atoms with E-state index in [9.17, 15) is 4.79 Å². The summed E-state index contributed by atoms with van der Waals surface area (Å²) in [5.74, 6) is 0. The lowest BCUT2D eigenvalue weighted by atomic mass is 10.1. The SMILES string of the molecule is CCCCCCCCCC(=O)POCC[N+](C)(C)C. The molecule has 0 amide bonds. The molecule has 0 aromatic rings. The van der Waals surface area contributed by atoms with Crippen LogP contribution in [0.15, 0.2) is 0 Å². The van der Waals surface area contributed by atoms with Gasteiger partial charge in [0.25, 0.3) is 0 Å². The van der Waals surface area contributed by atoms with Gasteiger partial charge < -0.3 is 9.01 Å². The molecule has 0 fully saturated rings. The van der Waals surface area contributed by atoms with E-state index in [0.717, 1.165) is 17.4 Å². The van der Waals surface area contributed by atoms with Crippen LogP contribution in [0.4, 0.5) is 0 Å². The Morgan fingerprint density at radius 3 is 2.16 bits per heavy atom. The average molecular weight is 290 g/mol. The Morgan fingerprint density at radius 2 is 1.58 bits per heavy atom. The number of hydrogen-bond acceptors (Lipinski definition) is 2. The molecule has 0 spiro atoms. The fourth-order valence-electron chi connectivity index (χ4n) is 1.74. The van der Waals surface area contributed by atoms with Crippen molar-refractivity contribution in [1.82, 2.24) is 0 Å². The Labute approximate surface area is 121 Å². The average Bonchev–Trinajstić information content (AvgIpc) is 2.32. The zero-order valence-corrected chi connectivity index (χ0v) is 14.3. The first-order chi connectivity index (χ1) is 8.95. The third kappa shape index (κ3) is 16.0. The minimum atomic E-state index is 0.0552. The number of rotatable bonds is 13. The Kier molecular flexibility index (Phi) is 11.8. The third-order valence-corrected chi connectivity index (χ3v) is 3.88. The van der Waals surface area contributed by atoms with E-state index in [1.807, 2.05) is 0 Å². The molecule has 0 aliphatic rings. The second-order valence-electron chi connectivity index (χ2n) is 6.26. The van der Waals surface area contributed by atoms with Crippen molar-refractivity contribution >= 4 is 14.3 Å². The van der Waals surface area contributed by atoms with Gasteiger partial charge in [-0.2, -0.15) is 0 Å². The highest BCUT2D eigenvalue weighted by molar-refractivity contribution is 7.53. The monoisotopic (exact) mass is 290 g/mol. The predicted octanol–water partition coefficient (Wildman–Crippen LogP) is 3.97. The summed E-state index contributed by atoms with van der Waals surface area (Å²) < 4.78 is 6.33. The molecular formula is C15H33NO2P+. The second kappa shape index (κ2) is 11.8. The van der Waals surface area contributed by atoms with Gasteiger partial charge in [0.15, 0.2) is 5.52 Å². The zero-order valence-electron chi connectivity index (χ0n) is 13.3. The molecule has 0 saturated carbocycles. The van der Waals surface area contributed by atoms with E-state index in [2.05, 4.69) is 28.1 Å². The van der Waals surface area contributed by atoms with Crippen molar-refractivity contribution in [2.24, 2.45) is 0 Å². The Hall–Kier alpha value is 0.0200. The van der Waals surface area contributed by atoms with Gasteiger partial charge in [-0.15, -0.1) is 0 Å². The number of unbranched alkanes of at least 4 members (excludes halogenated alkanes) is 6. The molecule has 0 aromatic heterocycles. The summed E-state index contributed by atoms with van der Waals surface area (Å²) in [6.07, 6.45) is 9.53. The van der Waals surface area contributed by atoms with Crippen LogP contribution in [0.3, 0.4) is 0 Å². The Morgan fingerprint density at radius 1 is 1.00 bits per heavy atom. The lowest BCUT2D eigenvalue weighted by Gasteiger charge is -2.23. The predicted molar refractivity (Wildman–Crippen MR) is 84.8 cm³/mol. The molecule has 114 valence electrons. The van der Waals surface area contributed by atoms with Crippen LogP contribution >= 0.6 is 8.81 Å². The summed E-state index contributed by atoms with van der Waals surface area (Å²) in [4.78, 5) is 11.6. The van der Waals surface area contributed by atoms with Gasteiger partial charge in [0.1, 0.15) is 13.2 Å². The lowest BCUT2D eigenvalue weighted by Crippen LogP contribution is -2.37. The van der Waals surface area contributed by atoms with Crippen molar-refractivity contribution in [3.8, 4) is 0 Å². The molecule has 0 aliphatic heterocycles. The molecule has 0 aromatic carbocycles. The summed E-state index contributed by atoms with van der Waals surface area (Å²) >= 11 is 0. The van der Waals surface area contributed by atoms with Crippen LogP contribution in [-0.2, 0) is 9.32 Å². The van der Waals surface area contributed by atoms with Crippen LogP contribution in [0.1, 0.15) is 58.3 Å². The van der Waals surface area contributed by atoms with Crippen LogP contribution in [0.5, 0.6) is 0 Å². The van der Waals surface area contributed by atoms with Gasteiger partial charge in [-0.1, -0.05) is 45.4 Å². The smallest absolute Gasteiger partial charge is 0.178 e. The van der Waals surface area contributed by atoms with Crippen molar-refractivity contribution in [3.63, 3.8) is 0 Å². The second-order valence-corrected chi connectivity index (χ2v) is 7.31. The molecule has 0 radical (unpaired) electrons. The fourth-order valence-corrected chi connectivity index (χ4v) is 2.38. The molecule has 0 rings (SSSR count). The number of nitrogens with zero attached hydrogens (tertiary/aromatic N) is 1. The minimum Gasteiger partial charge on any atom is -0.349 e. The molecule has 4 heteroatoms. The first kappa shape index (κ1) is 19.0. The highest BCUT2D eigenvalue weighted by Crippen LogP contribution is 2.18. The Bertz CT molecular complexity index is 227. The van der Waals surface area contributed by atoms with Gasteiger partial charge in [0.2, 0.25) is 0 Å². The molecule has 3 nitrogen and oxygen atoms in total. The number of likely N-dealkylation sites (N-methyl/N-ethyl adjacent to an activating group) is 1. The van der Waals surface area contributed by atoms with Gasteiger partial charge in [-0.3, -0.25) is 4.79 Å². The molecule has 0 heterocycles. The molecule has 0 N–H and O–H groups in total. The van der Waals surface area contributed by atoms with E-state index in [0.29, 0.717) is 13.0 Å². The standard InChI is InChI=1S/C15H33NO2P/c1-5-6-7-8-9-10-11-12-15(17)19-18-14-13-16(2,3)4/h19H,5-14H2,1-4H3/q+1. The van der Waals surface area contributed by atoms with E-state index in [4.69, 9.17) is 4.52 Å². The van der Waals surface area contributed by atoms with Crippen LogP contribution in [0, 0.1) is 0 Å². The molecular weight excluding hydrogens is 257 g/mol. The maximum atomic E-state index is 11.6. The topological polar surface area (TPSA) is 26.3 Å². The Balaban J connectivity index is 3.26. The summed E-state index contributed by atoms with van der Waals surface area (Å²) in [6.45, 7) is 3.88. The molecule has 1 unspecified atom stereocenters. The zero-order chi connectivity index (χ0) is 14.6. The van der Waals surface area contributed by atoms with Crippen molar-refractivity contribution in [1.29, 1.82) is 0 Å². The molecule has 0 aliphatic carbocycles. The van der Waals surface area contributed by atoms with Gasteiger partial charge >= 0.3 is 0 Å². The normalized spacial score (nSPS) is 12.4. The van der Waals surface area contributed by atoms with E-state index in [1.54, 1.807) is 0 Å². The maximum absolute atomic E-state index is 11.6. The molecule has 0 bridgehead atoms. The van der Waals surface area contributed by atoms with Gasteiger partial charge in [-0.25, -0.2) is 0 Å². The van der Waals surface area contributed by atoms with E-state index in [-0.39, 0.29) is 14.3 Å². The van der Waals surface area contributed by atoms with Crippen molar-refractivity contribution < 1.29 is 13.8 Å². The number of carbonyl (C=O) groups is 1. The molecule has 19 heavy (non-hydrogen) atoms.